The van der Waals surface area contributed by atoms with Gasteiger partial charge in [0.25, 0.3) is 5.91 Å². The number of aromatic nitrogens is 1. The lowest BCUT2D eigenvalue weighted by Crippen LogP contribution is -2.53. The molecule has 3 heterocycles. The van der Waals surface area contributed by atoms with Crippen LogP contribution in [0.4, 0.5) is 13.2 Å². The Hall–Kier alpha value is -3.55. The van der Waals surface area contributed by atoms with E-state index in [2.05, 4.69) is 16.4 Å². The minimum absolute atomic E-state index is 0.00197. The number of likely N-dealkylation sites (tertiary alicyclic amines) is 1. The molecule has 3 atom stereocenters. The molecule has 0 bridgehead atoms. The number of nitrogens with one attached hydrogen (secondary N) is 2. The predicted molar refractivity (Wildman–Crippen MR) is 120 cm³/mol. The molecule has 1 aromatic carbocycles. The smallest absolute Gasteiger partial charge is 0.270 e. The number of H-pyrrole nitrogens is 1. The molecule has 2 fully saturated rings. The number of fused-ring (bicyclic) bond motifs is 1. The zero-order valence-corrected chi connectivity index (χ0v) is 19.6. The summed E-state index contributed by atoms with van der Waals surface area (Å²) in [6, 6.07) is 2.79. The van der Waals surface area contributed by atoms with E-state index in [0.29, 0.717) is 19.0 Å². The molecule has 2 saturated heterocycles. The summed E-state index contributed by atoms with van der Waals surface area (Å²) in [5.74, 6) is -3.29. The first-order valence-corrected chi connectivity index (χ1v) is 11.3. The van der Waals surface area contributed by atoms with Crippen molar-refractivity contribution in [1.82, 2.24) is 20.1 Å². The molecule has 2 N–H and O–H groups in total. The minimum atomic E-state index is -1.85. The van der Waals surface area contributed by atoms with Crippen molar-refractivity contribution in [3.63, 3.8) is 0 Å². The lowest BCUT2D eigenvalue weighted by molar-refractivity contribution is -0.138. The summed E-state index contributed by atoms with van der Waals surface area (Å²) >= 11 is 0. The third-order valence-electron chi connectivity index (χ3n) is 6.87. The van der Waals surface area contributed by atoms with Crippen LogP contribution < -0.4 is 5.32 Å². The molecule has 3 amide bonds. The van der Waals surface area contributed by atoms with Crippen LogP contribution in [0.15, 0.2) is 18.2 Å². The van der Waals surface area contributed by atoms with E-state index in [4.69, 9.17) is 0 Å². The Bertz CT molecular complexity index is 1250. The number of halogens is 3. The fourth-order valence-corrected chi connectivity index (χ4v) is 5.04. The first-order valence-electron chi connectivity index (χ1n) is 11.3. The Morgan fingerprint density at radius 1 is 1.34 bits per heavy atom. The van der Waals surface area contributed by atoms with Crippen molar-refractivity contribution in [3.8, 4) is 6.07 Å². The second-order valence-corrected chi connectivity index (χ2v) is 9.99. The van der Waals surface area contributed by atoms with Crippen molar-refractivity contribution >= 4 is 28.6 Å². The van der Waals surface area contributed by atoms with Gasteiger partial charge in [-0.3, -0.25) is 14.4 Å². The van der Waals surface area contributed by atoms with E-state index in [1.165, 1.54) is 31.9 Å². The third kappa shape index (κ3) is 4.45. The van der Waals surface area contributed by atoms with Gasteiger partial charge in [0.15, 0.2) is 0 Å². The first-order chi connectivity index (χ1) is 16.3. The van der Waals surface area contributed by atoms with Crippen LogP contribution in [-0.4, -0.2) is 70.4 Å². The van der Waals surface area contributed by atoms with Gasteiger partial charge in [-0.25, -0.2) is 13.2 Å². The monoisotopic (exact) mass is 489 g/mol. The summed E-state index contributed by atoms with van der Waals surface area (Å²) < 4.78 is 42.5. The molecule has 1 unspecified atom stereocenters. The number of benzene rings is 1. The van der Waals surface area contributed by atoms with Crippen LogP contribution >= 0.6 is 0 Å². The number of nitriles is 1. The number of aromatic amines is 1. The molecule has 2 aromatic rings. The molecule has 8 nitrogen and oxygen atoms in total. The number of hydrogen-bond acceptors (Lipinski definition) is 4. The SMILES string of the molecule is CN(C(=O)c1cc2c(F)cc(F)cc2[nH]1)C(CC(C)(C)F)C(=O)N1C[C@]2(CCNC2=O)C[C@H]1C#N. The van der Waals surface area contributed by atoms with Crippen LogP contribution in [-0.2, 0) is 9.59 Å². The molecule has 4 rings (SSSR count). The summed E-state index contributed by atoms with van der Waals surface area (Å²) in [5, 5.41) is 12.4. The van der Waals surface area contributed by atoms with Gasteiger partial charge in [-0.05, 0) is 38.8 Å². The van der Waals surface area contributed by atoms with Gasteiger partial charge in [0.05, 0.1) is 17.0 Å². The number of amides is 3. The Morgan fingerprint density at radius 2 is 2.06 bits per heavy atom. The highest BCUT2D eigenvalue weighted by Crippen LogP contribution is 2.41. The second-order valence-electron chi connectivity index (χ2n) is 9.99. The molecule has 186 valence electrons. The average molecular weight is 489 g/mol. The van der Waals surface area contributed by atoms with Crippen molar-refractivity contribution < 1.29 is 27.6 Å². The van der Waals surface area contributed by atoms with Crippen molar-refractivity contribution in [2.45, 2.75) is 50.9 Å². The number of alkyl halides is 1. The third-order valence-corrected chi connectivity index (χ3v) is 6.87. The molecule has 0 saturated carbocycles. The Kier molecular flexibility index (Phi) is 6.03. The average Bonchev–Trinajstić information content (AvgIpc) is 3.47. The number of likely N-dealkylation sites (N-methyl/N-ethyl adjacent to an activating group) is 1. The molecule has 0 radical (unpaired) electrons. The van der Waals surface area contributed by atoms with Gasteiger partial charge in [0.1, 0.15) is 35.1 Å². The van der Waals surface area contributed by atoms with Crippen molar-refractivity contribution in [3.05, 3.63) is 35.5 Å². The molecule has 0 aliphatic carbocycles. The van der Waals surface area contributed by atoms with Gasteiger partial charge in [-0.2, -0.15) is 5.26 Å². The van der Waals surface area contributed by atoms with E-state index in [1.807, 2.05) is 0 Å². The summed E-state index contributed by atoms with van der Waals surface area (Å²) in [4.78, 5) is 44.3. The van der Waals surface area contributed by atoms with Gasteiger partial charge in [-0.15, -0.1) is 0 Å². The molecular formula is C24H26F3N5O3. The zero-order chi connectivity index (χ0) is 25.7. The summed E-state index contributed by atoms with van der Waals surface area (Å²) in [6.45, 7) is 2.97. The van der Waals surface area contributed by atoms with E-state index in [-0.39, 0.29) is 41.9 Å². The second kappa shape index (κ2) is 8.59. The molecule has 1 spiro atoms. The highest BCUT2D eigenvalue weighted by molar-refractivity contribution is 6.00. The zero-order valence-electron chi connectivity index (χ0n) is 19.6. The Morgan fingerprint density at radius 3 is 2.66 bits per heavy atom. The molecule has 2 aliphatic heterocycles. The highest BCUT2D eigenvalue weighted by atomic mass is 19.1. The van der Waals surface area contributed by atoms with E-state index < -0.39 is 46.6 Å². The highest BCUT2D eigenvalue weighted by Gasteiger charge is 2.54. The molecule has 1 aromatic heterocycles. The van der Waals surface area contributed by atoms with Gasteiger partial charge in [0, 0.05) is 38.0 Å². The number of carbonyl (C=O) groups is 3. The summed E-state index contributed by atoms with van der Waals surface area (Å²) in [7, 11) is 1.31. The van der Waals surface area contributed by atoms with Crippen molar-refractivity contribution in [1.29, 1.82) is 5.26 Å². The summed E-state index contributed by atoms with van der Waals surface area (Å²) in [5.41, 5.74) is -2.78. The van der Waals surface area contributed by atoms with Crippen molar-refractivity contribution in [2.24, 2.45) is 5.41 Å². The van der Waals surface area contributed by atoms with Gasteiger partial charge < -0.3 is 20.1 Å². The number of carbonyl (C=O) groups excluding carboxylic acids is 3. The molecule has 11 heteroatoms. The van der Waals surface area contributed by atoms with E-state index >= 15 is 0 Å². The van der Waals surface area contributed by atoms with Crippen LogP contribution in [0.1, 0.15) is 43.6 Å². The summed E-state index contributed by atoms with van der Waals surface area (Å²) in [6.07, 6.45) is 0.265. The predicted octanol–water partition coefficient (Wildman–Crippen LogP) is 2.66. The van der Waals surface area contributed by atoms with Crippen LogP contribution in [0.25, 0.3) is 10.9 Å². The van der Waals surface area contributed by atoms with Gasteiger partial charge in [0.2, 0.25) is 11.8 Å². The normalized spacial score (nSPS) is 22.9. The topological polar surface area (TPSA) is 109 Å². The van der Waals surface area contributed by atoms with Gasteiger partial charge in [-0.1, -0.05) is 0 Å². The fraction of sp³-hybridized carbons (Fsp3) is 0.500. The van der Waals surface area contributed by atoms with Crippen LogP contribution in [0.2, 0.25) is 0 Å². The maximum Gasteiger partial charge on any atom is 0.270 e. The number of nitrogens with zero attached hydrogens (tertiary/aromatic N) is 3. The minimum Gasteiger partial charge on any atom is -0.356 e. The van der Waals surface area contributed by atoms with E-state index in [0.717, 1.165) is 11.0 Å². The van der Waals surface area contributed by atoms with E-state index in [1.54, 1.807) is 0 Å². The van der Waals surface area contributed by atoms with Crippen LogP contribution in [0.5, 0.6) is 0 Å². The van der Waals surface area contributed by atoms with Crippen LogP contribution in [0, 0.1) is 28.4 Å². The fourth-order valence-electron chi connectivity index (χ4n) is 5.04. The lowest BCUT2D eigenvalue weighted by atomic mass is 9.84. The molecule has 2 aliphatic rings. The largest absolute Gasteiger partial charge is 0.356 e. The number of rotatable bonds is 5. The first kappa shape index (κ1) is 24.6. The molecular weight excluding hydrogens is 463 g/mol. The maximum atomic E-state index is 14.8. The van der Waals surface area contributed by atoms with Gasteiger partial charge >= 0.3 is 0 Å². The van der Waals surface area contributed by atoms with Crippen LogP contribution in [0.3, 0.4) is 0 Å². The number of hydrogen-bond donors (Lipinski definition) is 2. The van der Waals surface area contributed by atoms with E-state index in [9.17, 15) is 32.8 Å². The quantitative estimate of drug-likeness (QED) is 0.673. The maximum absolute atomic E-state index is 14.8. The van der Waals surface area contributed by atoms with Crippen molar-refractivity contribution in [2.75, 3.05) is 20.1 Å². The molecule has 35 heavy (non-hydrogen) atoms. The Labute approximate surface area is 200 Å². The Balaban J connectivity index is 1.65. The standard InChI is InChI=1S/C24H26F3N5O3/c1-23(2,27)10-19(21(34)32-12-24(9-14(32)11-28)4-5-29-22(24)35)31(3)20(33)18-8-15-16(26)6-13(25)7-17(15)30-18/h6-8,14,19,30H,4-5,9-10,12H2,1-3H3,(H,29,35)/t14-,19?,24-/m0/s1. The lowest BCUT2D eigenvalue weighted by Gasteiger charge is -2.34.